The Morgan fingerprint density at radius 1 is 1.28 bits per heavy atom. The molecule has 3 atom stereocenters. The van der Waals surface area contributed by atoms with E-state index in [1.54, 1.807) is 6.08 Å². The molecule has 4 aliphatic heterocycles. The summed E-state index contributed by atoms with van der Waals surface area (Å²) >= 11 is 1.33. The van der Waals surface area contributed by atoms with Crippen molar-refractivity contribution in [3.05, 3.63) is 56.9 Å². The molecule has 4 heterocycles. The summed E-state index contributed by atoms with van der Waals surface area (Å²) < 4.78 is 13.2. The van der Waals surface area contributed by atoms with Crippen LogP contribution in [0.3, 0.4) is 0 Å². The molecule has 0 aliphatic carbocycles. The number of quaternary nitrogens is 1. The fourth-order valence-corrected chi connectivity index (χ4v) is 7.06. The number of likely N-dealkylation sites (tertiary alicyclic amines) is 1. The summed E-state index contributed by atoms with van der Waals surface area (Å²) in [7, 11) is 0. The van der Waals surface area contributed by atoms with Gasteiger partial charge in [-0.1, -0.05) is 0 Å². The molecule has 2 saturated heterocycles. The molecular formula is C23H27FN3O4S+. The second kappa shape index (κ2) is 8.13. The summed E-state index contributed by atoms with van der Waals surface area (Å²) in [4.78, 5) is 40.6. The number of nitrogens with zero attached hydrogens (tertiary/aromatic N) is 3. The predicted octanol–water partition coefficient (Wildman–Crippen LogP) is 3.23. The quantitative estimate of drug-likeness (QED) is 0.291. The first-order valence-electron chi connectivity index (χ1n) is 11.3. The highest BCUT2D eigenvalue weighted by Crippen LogP contribution is 2.51. The zero-order chi connectivity index (χ0) is 22.5. The minimum atomic E-state index is -1.08. The van der Waals surface area contributed by atoms with E-state index in [9.17, 15) is 24.1 Å². The number of hydroxylamine groups is 3. The lowest BCUT2D eigenvalue weighted by molar-refractivity contribution is -1.02. The molecule has 0 amide bonds. The highest BCUT2D eigenvalue weighted by atomic mass is 32.2. The smallest absolute Gasteiger partial charge is 0.335 e. The monoisotopic (exact) mass is 460 g/mol. The van der Waals surface area contributed by atoms with Gasteiger partial charge < -0.3 is 10.1 Å². The van der Waals surface area contributed by atoms with Gasteiger partial charge in [0, 0.05) is 35.8 Å². The number of Topliss-reactive ketones (excluding diaryl/α,β-unsaturated/α-hetero) is 2. The molecule has 1 spiro atoms. The minimum absolute atomic E-state index is 0.0283. The predicted molar refractivity (Wildman–Crippen MR) is 118 cm³/mol. The Labute approximate surface area is 190 Å². The highest BCUT2D eigenvalue weighted by Gasteiger charge is 2.68. The van der Waals surface area contributed by atoms with Crippen molar-refractivity contribution in [3.63, 3.8) is 0 Å². The summed E-state index contributed by atoms with van der Waals surface area (Å²) in [6, 6.07) is 5.68. The van der Waals surface area contributed by atoms with Gasteiger partial charge in [0.1, 0.15) is 5.82 Å². The molecule has 2 bridgehead atoms. The fraction of sp³-hybridized carbons (Fsp3) is 0.565. The lowest BCUT2D eigenvalue weighted by Gasteiger charge is -2.55. The topological polar surface area (TPSA) is 80.5 Å². The van der Waals surface area contributed by atoms with E-state index in [0.717, 1.165) is 4.76 Å². The lowest BCUT2D eigenvalue weighted by Crippen LogP contribution is -2.74. The summed E-state index contributed by atoms with van der Waals surface area (Å²) in [5.41, 5.74) is -0.550. The van der Waals surface area contributed by atoms with Crippen LogP contribution in [0.15, 0.2) is 35.4 Å². The fourth-order valence-electron chi connectivity index (χ4n) is 5.70. The maximum Gasteiger partial charge on any atom is 0.335 e. The number of piperidine rings is 2. The van der Waals surface area contributed by atoms with E-state index in [2.05, 4.69) is 4.90 Å². The molecule has 0 N–H and O–H groups in total. The van der Waals surface area contributed by atoms with Crippen LogP contribution >= 0.6 is 11.8 Å². The zero-order valence-corrected chi connectivity index (χ0v) is 18.7. The van der Waals surface area contributed by atoms with E-state index in [1.165, 1.54) is 36.0 Å². The molecule has 7 nitrogen and oxygen atoms in total. The van der Waals surface area contributed by atoms with Gasteiger partial charge >= 0.3 is 6.17 Å². The van der Waals surface area contributed by atoms with Crippen LogP contribution < -0.4 is 0 Å². The second-order valence-corrected chi connectivity index (χ2v) is 10.3. The summed E-state index contributed by atoms with van der Waals surface area (Å²) in [5, 5.41) is 14.5. The van der Waals surface area contributed by atoms with E-state index >= 15 is 0 Å². The van der Waals surface area contributed by atoms with Crippen LogP contribution in [0.5, 0.6) is 0 Å². The van der Waals surface area contributed by atoms with Crippen molar-refractivity contribution in [1.29, 1.82) is 0 Å². The van der Waals surface area contributed by atoms with E-state index in [1.807, 2.05) is 0 Å². The number of benzene rings is 1. The molecular weight excluding hydrogens is 433 g/mol. The van der Waals surface area contributed by atoms with Crippen molar-refractivity contribution < 1.29 is 23.4 Å². The van der Waals surface area contributed by atoms with Crippen LogP contribution in [0.25, 0.3) is 0 Å². The number of halogens is 1. The van der Waals surface area contributed by atoms with Crippen molar-refractivity contribution >= 4 is 23.3 Å². The van der Waals surface area contributed by atoms with E-state index < -0.39 is 16.4 Å². The first kappa shape index (κ1) is 21.9. The molecule has 170 valence electrons. The number of hydrogen-bond acceptors (Lipinski definition) is 6. The van der Waals surface area contributed by atoms with Gasteiger partial charge in [0.05, 0.1) is 29.6 Å². The van der Waals surface area contributed by atoms with Gasteiger partial charge in [-0.2, -0.15) is 0 Å². The van der Waals surface area contributed by atoms with Crippen LogP contribution in [0, 0.1) is 21.8 Å². The van der Waals surface area contributed by atoms with Crippen molar-refractivity contribution in [2.75, 3.05) is 31.9 Å². The van der Waals surface area contributed by atoms with Crippen molar-refractivity contribution in [2.24, 2.45) is 5.92 Å². The lowest BCUT2D eigenvalue weighted by atomic mass is 9.83. The van der Waals surface area contributed by atoms with Crippen molar-refractivity contribution in [2.45, 2.75) is 43.8 Å². The van der Waals surface area contributed by atoms with Gasteiger partial charge in [0.25, 0.3) is 5.03 Å². The Kier molecular flexibility index (Phi) is 5.56. The molecule has 4 aliphatic rings. The van der Waals surface area contributed by atoms with Gasteiger partial charge in [0.2, 0.25) is 0 Å². The van der Waals surface area contributed by atoms with Crippen LogP contribution in [0.1, 0.15) is 42.5 Å². The third kappa shape index (κ3) is 3.37. The molecule has 0 radical (unpaired) electrons. The Morgan fingerprint density at radius 2 is 2.00 bits per heavy atom. The molecule has 1 aromatic rings. The Morgan fingerprint density at radius 3 is 2.72 bits per heavy atom. The Bertz CT molecular complexity index is 991. The van der Waals surface area contributed by atoms with Crippen molar-refractivity contribution in [3.8, 4) is 0 Å². The summed E-state index contributed by atoms with van der Waals surface area (Å²) in [6.07, 6.45) is 3.57. The Hall–Kier alpha value is -1.94. The standard InChI is InChI=1S/C23H27FN3O4S/c24-18-5-3-16(4-6-18)22(29)17-7-10-25(11-8-17)12-9-20-26(30)21-14-23(15-32-21)19(28)2-1-13-27(20,23)31/h3-6,14,17,20H,1-2,7-13,15H2/q+1. The molecule has 1 aromatic carbocycles. The molecule has 32 heavy (non-hydrogen) atoms. The molecule has 9 heteroatoms. The Balaban J connectivity index is 1.22. The maximum absolute atomic E-state index is 14.0. The number of carbonyl (C=O) groups is 2. The summed E-state index contributed by atoms with van der Waals surface area (Å²) in [5.74, 6) is -0.0668. The third-order valence-corrected chi connectivity index (χ3v) is 8.79. The molecule has 3 unspecified atom stereocenters. The minimum Gasteiger partial charge on any atom is -0.627 e. The number of thioether (sulfide) groups is 1. The van der Waals surface area contributed by atoms with E-state index in [-0.39, 0.29) is 23.3 Å². The van der Waals surface area contributed by atoms with Crippen LogP contribution in [-0.2, 0) is 4.79 Å². The third-order valence-electron chi connectivity index (χ3n) is 7.61. The van der Waals surface area contributed by atoms with Crippen LogP contribution in [-0.4, -0.2) is 69.5 Å². The van der Waals surface area contributed by atoms with E-state index in [4.69, 9.17) is 0 Å². The van der Waals surface area contributed by atoms with Gasteiger partial charge in [-0.15, -0.1) is 0 Å². The average Bonchev–Trinajstić information content (AvgIpc) is 3.22. The second-order valence-electron chi connectivity index (χ2n) is 9.32. The first-order chi connectivity index (χ1) is 15.3. The highest BCUT2D eigenvalue weighted by molar-refractivity contribution is 8.03. The molecule has 0 aromatic heterocycles. The largest absolute Gasteiger partial charge is 0.627 e. The molecule has 2 fully saturated rings. The number of nitroso groups, excluding NO2 is 1. The zero-order valence-electron chi connectivity index (χ0n) is 17.9. The van der Waals surface area contributed by atoms with Gasteiger partial charge in [-0.05, 0) is 62.0 Å². The van der Waals surface area contributed by atoms with Crippen LogP contribution in [0.4, 0.5) is 4.39 Å². The SMILES string of the molecule is O=C(c1ccc(F)cc1)C1CCN(CCC2[N+](=O)C3=CC4(CS3)C(=O)CCC[N+]24[O-])CC1. The number of carbonyl (C=O) groups excluding carboxylic acids is 2. The summed E-state index contributed by atoms with van der Waals surface area (Å²) in [6.45, 7) is 2.31. The maximum atomic E-state index is 14.0. The molecule has 5 rings (SSSR count). The van der Waals surface area contributed by atoms with Gasteiger partial charge in [-0.25, -0.2) is 4.39 Å². The van der Waals surface area contributed by atoms with Gasteiger partial charge in [0.15, 0.2) is 17.1 Å². The average molecular weight is 461 g/mol. The number of rotatable bonds is 5. The van der Waals surface area contributed by atoms with Gasteiger partial charge in [-0.3, -0.25) is 14.2 Å². The van der Waals surface area contributed by atoms with Crippen LogP contribution in [0.2, 0.25) is 0 Å². The first-order valence-corrected chi connectivity index (χ1v) is 12.3. The van der Waals surface area contributed by atoms with E-state index in [0.29, 0.717) is 74.6 Å². The number of hydrogen-bond donors (Lipinski definition) is 0. The normalized spacial score (nSPS) is 33.2. The number of ketones is 2. The van der Waals surface area contributed by atoms with Crippen molar-refractivity contribution in [1.82, 2.24) is 4.90 Å². The molecule has 0 saturated carbocycles.